The molecule has 0 bridgehead atoms. The topological polar surface area (TPSA) is 29.1 Å². The van der Waals surface area contributed by atoms with Crippen LogP contribution in [0.5, 0.6) is 0 Å². The highest BCUT2D eigenvalue weighted by Gasteiger charge is 2.16. The maximum absolute atomic E-state index is 13.0. The van der Waals surface area contributed by atoms with E-state index in [4.69, 9.17) is 11.6 Å². The van der Waals surface area contributed by atoms with Crippen molar-refractivity contribution in [3.8, 4) is 0 Å². The van der Waals surface area contributed by atoms with Gasteiger partial charge in [0.1, 0.15) is 10.7 Å². The van der Waals surface area contributed by atoms with Crippen molar-refractivity contribution in [1.29, 1.82) is 0 Å². The molecule has 0 aliphatic heterocycles. The third-order valence-corrected chi connectivity index (χ3v) is 3.79. The summed E-state index contributed by atoms with van der Waals surface area (Å²) in [6, 6.07) is 4.31. The number of carbonyl (C=O) groups is 1. The Kier molecular flexibility index (Phi) is 3.12. The van der Waals surface area contributed by atoms with Gasteiger partial charge >= 0.3 is 0 Å². The Morgan fingerprint density at radius 3 is 3.00 bits per heavy atom. The molecule has 5 heteroatoms. The predicted octanol–water partition coefficient (Wildman–Crippen LogP) is 3.44. The van der Waals surface area contributed by atoms with E-state index in [0.717, 1.165) is 0 Å². The first-order chi connectivity index (χ1) is 7.63. The summed E-state index contributed by atoms with van der Waals surface area (Å²) < 4.78 is 13.7. The van der Waals surface area contributed by atoms with E-state index < -0.39 is 0 Å². The molecule has 1 N–H and O–H groups in total. The molecule has 0 atom stereocenters. The van der Waals surface area contributed by atoms with Gasteiger partial charge in [-0.3, -0.25) is 4.79 Å². The first kappa shape index (κ1) is 11.4. The van der Waals surface area contributed by atoms with E-state index >= 15 is 0 Å². The van der Waals surface area contributed by atoms with Crippen molar-refractivity contribution in [2.45, 2.75) is 6.92 Å². The number of hydrogen-bond acceptors (Lipinski definition) is 2. The van der Waals surface area contributed by atoms with Gasteiger partial charge in [0.2, 0.25) is 0 Å². The first-order valence-corrected chi connectivity index (χ1v) is 5.98. The summed E-state index contributed by atoms with van der Waals surface area (Å²) in [7, 11) is 0. The number of nitrogens with one attached hydrogen (secondary N) is 1. The molecule has 0 fully saturated rings. The fraction of sp³-hybridized carbons (Fsp3) is 0.182. The number of amides is 1. The number of thiophene rings is 1. The van der Waals surface area contributed by atoms with Crippen LogP contribution in [0.25, 0.3) is 10.1 Å². The minimum absolute atomic E-state index is 0.214. The smallest absolute Gasteiger partial charge is 0.262 e. The van der Waals surface area contributed by atoms with Gasteiger partial charge in [-0.2, -0.15) is 0 Å². The lowest BCUT2D eigenvalue weighted by Gasteiger charge is -1.98. The fourth-order valence-corrected chi connectivity index (χ4v) is 2.88. The number of carbonyl (C=O) groups excluding carboxylic acids is 1. The summed E-state index contributed by atoms with van der Waals surface area (Å²) >= 11 is 7.27. The van der Waals surface area contributed by atoms with Crippen molar-refractivity contribution in [2.75, 3.05) is 6.54 Å². The molecule has 16 heavy (non-hydrogen) atoms. The molecule has 2 nitrogen and oxygen atoms in total. The van der Waals surface area contributed by atoms with Crippen molar-refractivity contribution >= 4 is 38.9 Å². The van der Waals surface area contributed by atoms with Gasteiger partial charge < -0.3 is 5.32 Å². The maximum atomic E-state index is 13.0. The van der Waals surface area contributed by atoms with Gasteiger partial charge in [-0.05, 0) is 25.1 Å². The number of halogens is 2. The Hall–Kier alpha value is -1.13. The molecule has 1 aromatic carbocycles. The zero-order valence-corrected chi connectivity index (χ0v) is 10.1. The van der Waals surface area contributed by atoms with Crippen LogP contribution in [0.15, 0.2) is 18.2 Å². The van der Waals surface area contributed by atoms with Crippen LogP contribution in [0.4, 0.5) is 4.39 Å². The van der Waals surface area contributed by atoms with Crippen LogP contribution < -0.4 is 5.32 Å². The summed E-state index contributed by atoms with van der Waals surface area (Å²) in [4.78, 5) is 12.1. The fourth-order valence-electron chi connectivity index (χ4n) is 1.43. The number of hydrogen-bond donors (Lipinski definition) is 1. The lowest BCUT2D eigenvalue weighted by Crippen LogP contribution is -2.21. The molecule has 2 aromatic rings. The van der Waals surface area contributed by atoms with E-state index in [1.807, 2.05) is 6.92 Å². The van der Waals surface area contributed by atoms with Gasteiger partial charge in [0.05, 0.1) is 5.02 Å². The Morgan fingerprint density at radius 1 is 1.56 bits per heavy atom. The molecule has 0 aliphatic carbocycles. The third kappa shape index (κ3) is 1.90. The second-order valence-electron chi connectivity index (χ2n) is 3.25. The van der Waals surface area contributed by atoms with E-state index in [1.165, 1.54) is 23.5 Å². The minimum Gasteiger partial charge on any atom is -0.352 e. The van der Waals surface area contributed by atoms with Crippen molar-refractivity contribution < 1.29 is 9.18 Å². The van der Waals surface area contributed by atoms with Gasteiger partial charge in [-0.1, -0.05) is 11.6 Å². The van der Waals surface area contributed by atoms with Crippen LogP contribution in [0.1, 0.15) is 16.6 Å². The van der Waals surface area contributed by atoms with Crippen LogP contribution in [0.3, 0.4) is 0 Å². The maximum Gasteiger partial charge on any atom is 0.262 e. The SMILES string of the molecule is CCNC(=O)c1sc2cc(F)ccc2c1Cl. The second kappa shape index (κ2) is 4.39. The van der Waals surface area contributed by atoms with Crippen molar-refractivity contribution in [3.63, 3.8) is 0 Å². The van der Waals surface area contributed by atoms with Gasteiger partial charge in [0.25, 0.3) is 5.91 Å². The Morgan fingerprint density at radius 2 is 2.31 bits per heavy atom. The standard InChI is InChI=1S/C11H9ClFNOS/c1-2-14-11(15)10-9(12)7-4-3-6(13)5-8(7)16-10/h3-5H,2H2,1H3,(H,14,15). The third-order valence-electron chi connectivity index (χ3n) is 2.14. The van der Waals surface area contributed by atoms with Gasteiger partial charge in [-0.15, -0.1) is 11.3 Å². The summed E-state index contributed by atoms with van der Waals surface area (Å²) in [5, 5.41) is 3.78. The minimum atomic E-state index is -0.326. The van der Waals surface area contributed by atoms with Crippen molar-refractivity contribution in [2.24, 2.45) is 0 Å². The van der Waals surface area contributed by atoms with E-state index in [0.29, 0.717) is 26.5 Å². The second-order valence-corrected chi connectivity index (χ2v) is 4.68. The molecule has 0 aliphatic rings. The average Bonchev–Trinajstić information content (AvgIpc) is 2.56. The molecule has 1 amide bonds. The van der Waals surface area contributed by atoms with E-state index in [9.17, 15) is 9.18 Å². The molecule has 0 saturated heterocycles. The predicted molar refractivity (Wildman–Crippen MR) is 64.8 cm³/mol. The van der Waals surface area contributed by atoms with E-state index in [-0.39, 0.29) is 11.7 Å². The molecule has 0 radical (unpaired) electrons. The summed E-state index contributed by atoms with van der Waals surface area (Å²) in [6.07, 6.45) is 0. The van der Waals surface area contributed by atoms with Crippen LogP contribution in [0.2, 0.25) is 5.02 Å². The molecule has 0 spiro atoms. The lowest BCUT2D eigenvalue weighted by molar-refractivity contribution is 0.0960. The summed E-state index contributed by atoms with van der Waals surface area (Å²) in [6.45, 7) is 2.37. The Bertz CT molecular complexity index is 552. The summed E-state index contributed by atoms with van der Waals surface area (Å²) in [5.41, 5.74) is 0. The average molecular weight is 258 g/mol. The van der Waals surface area contributed by atoms with E-state index in [1.54, 1.807) is 6.07 Å². The molecule has 0 saturated carbocycles. The molecule has 0 unspecified atom stereocenters. The number of benzene rings is 1. The highest BCUT2D eigenvalue weighted by Crippen LogP contribution is 2.35. The van der Waals surface area contributed by atoms with Gasteiger partial charge in [0, 0.05) is 16.6 Å². The zero-order valence-electron chi connectivity index (χ0n) is 8.51. The van der Waals surface area contributed by atoms with Crippen LogP contribution in [-0.4, -0.2) is 12.5 Å². The monoisotopic (exact) mass is 257 g/mol. The number of fused-ring (bicyclic) bond motifs is 1. The normalized spacial score (nSPS) is 10.7. The van der Waals surface area contributed by atoms with Gasteiger partial charge in [0.15, 0.2) is 0 Å². The van der Waals surface area contributed by atoms with E-state index in [2.05, 4.69) is 5.32 Å². The Labute approximate surface area is 101 Å². The molecule has 1 aromatic heterocycles. The highest BCUT2D eigenvalue weighted by molar-refractivity contribution is 7.21. The first-order valence-electron chi connectivity index (χ1n) is 4.79. The van der Waals surface area contributed by atoms with Crippen LogP contribution in [-0.2, 0) is 0 Å². The summed E-state index contributed by atoms with van der Waals surface area (Å²) in [5.74, 6) is -0.540. The van der Waals surface area contributed by atoms with Crippen LogP contribution >= 0.6 is 22.9 Å². The zero-order chi connectivity index (χ0) is 11.7. The molecule has 2 rings (SSSR count). The van der Waals surface area contributed by atoms with Crippen LogP contribution in [0, 0.1) is 5.82 Å². The molecule has 1 heterocycles. The Balaban J connectivity index is 2.55. The van der Waals surface area contributed by atoms with Crippen molar-refractivity contribution in [1.82, 2.24) is 5.32 Å². The highest BCUT2D eigenvalue weighted by atomic mass is 35.5. The molecular weight excluding hydrogens is 249 g/mol. The molecule has 84 valence electrons. The van der Waals surface area contributed by atoms with Crippen molar-refractivity contribution in [3.05, 3.63) is 33.9 Å². The lowest BCUT2D eigenvalue weighted by atomic mass is 10.2. The van der Waals surface area contributed by atoms with Gasteiger partial charge in [-0.25, -0.2) is 4.39 Å². The quantitative estimate of drug-likeness (QED) is 0.877. The number of rotatable bonds is 2. The largest absolute Gasteiger partial charge is 0.352 e. The molecular formula is C11H9ClFNOS.